The molecule has 2 aromatic heterocycles. The summed E-state index contributed by atoms with van der Waals surface area (Å²) in [6, 6.07) is 9.83. The smallest absolute Gasteiger partial charge is 0.435 e. The quantitative estimate of drug-likeness (QED) is 0.693. The van der Waals surface area contributed by atoms with Crippen LogP contribution in [0.2, 0.25) is 0 Å². The first-order chi connectivity index (χ1) is 12.7. The SMILES string of the molecule is Cc1nccc(N(C)c2ccc(-c3cnn(C(=O)OC(C)(C)C)c3)cc2)n1. The molecule has 1 aromatic carbocycles. The third-order valence-corrected chi connectivity index (χ3v) is 3.86. The summed E-state index contributed by atoms with van der Waals surface area (Å²) in [6.45, 7) is 7.33. The van der Waals surface area contributed by atoms with Crippen molar-refractivity contribution in [2.75, 3.05) is 11.9 Å². The highest BCUT2D eigenvalue weighted by molar-refractivity contribution is 5.73. The van der Waals surface area contributed by atoms with E-state index in [-0.39, 0.29) is 0 Å². The van der Waals surface area contributed by atoms with Gasteiger partial charge >= 0.3 is 6.09 Å². The lowest BCUT2D eigenvalue weighted by Gasteiger charge is -2.19. The van der Waals surface area contributed by atoms with Crippen LogP contribution in [0.5, 0.6) is 0 Å². The largest absolute Gasteiger partial charge is 0.442 e. The summed E-state index contributed by atoms with van der Waals surface area (Å²) < 4.78 is 6.54. The van der Waals surface area contributed by atoms with Crippen LogP contribution in [-0.2, 0) is 4.74 Å². The van der Waals surface area contributed by atoms with Gasteiger partial charge in [0.1, 0.15) is 17.2 Å². The number of aryl methyl sites for hydroxylation is 1. The van der Waals surface area contributed by atoms with E-state index >= 15 is 0 Å². The number of aromatic nitrogens is 4. The van der Waals surface area contributed by atoms with Gasteiger partial charge in [0.2, 0.25) is 0 Å². The van der Waals surface area contributed by atoms with E-state index in [0.717, 1.165) is 28.5 Å². The average Bonchev–Trinajstić information content (AvgIpc) is 3.10. The van der Waals surface area contributed by atoms with Gasteiger partial charge in [-0.15, -0.1) is 0 Å². The fraction of sp³-hybridized carbons (Fsp3) is 0.300. The van der Waals surface area contributed by atoms with Gasteiger partial charge in [0, 0.05) is 30.7 Å². The Labute approximate surface area is 158 Å². The third kappa shape index (κ3) is 4.49. The number of hydrogen-bond acceptors (Lipinski definition) is 6. The highest BCUT2D eigenvalue weighted by Crippen LogP contribution is 2.26. The van der Waals surface area contributed by atoms with Gasteiger partial charge in [-0.1, -0.05) is 12.1 Å². The number of carbonyl (C=O) groups excluding carboxylic acids is 1. The van der Waals surface area contributed by atoms with Crippen molar-refractivity contribution in [3.8, 4) is 11.1 Å². The van der Waals surface area contributed by atoms with Crippen LogP contribution in [0.15, 0.2) is 48.9 Å². The molecule has 0 saturated heterocycles. The summed E-state index contributed by atoms with van der Waals surface area (Å²) in [4.78, 5) is 22.6. The van der Waals surface area contributed by atoms with Crippen LogP contribution >= 0.6 is 0 Å². The maximum absolute atomic E-state index is 12.1. The minimum atomic E-state index is -0.561. The number of anilines is 2. The summed E-state index contributed by atoms with van der Waals surface area (Å²) in [5.74, 6) is 1.55. The van der Waals surface area contributed by atoms with E-state index in [2.05, 4.69) is 15.1 Å². The fourth-order valence-electron chi connectivity index (χ4n) is 2.52. The Hall–Kier alpha value is -3.22. The molecule has 0 atom stereocenters. The first kappa shape index (κ1) is 18.6. The molecule has 2 heterocycles. The molecule has 0 spiro atoms. The van der Waals surface area contributed by atoms with E-state index in [1.807, 2.05) is 70.0 Å². The summed E-state index contributed by atoms with van der Waals surface area (Å²) in [5, 5.41) is 4.11. The minimum absolute atomic E-state index is 0.496. The molecule has 3 rings (SSSR count). The second-order valence-electron chi connectivity index (χ2n) is 7.22. The van der Waals surface area contributed by atoms with Crippen LogP contribution in [-0.4, -0.2) is 38.5 Å². The molecule has 0 N–H and O–H groups in total. The van der Waals surface area contributed by atoms with Crippen LogP contribution in [0.3, 0.4) is 0 Å². The van der Waals surface area contributed by atoms with E-state index in [0.29, 0.717) is 0 Å². The Balaban J connectivity index is 1.77. The standard InChI is InChI=1S/C20H23N5O2/c1-14-21-11-10-18(23-14)24(5)17-8-6-15(7-9-17)16-12-22-25(13-16)19(26)27-20(2,3)4/h6-13H,1-5H3. The van der Waals surface area contributed by atoms with Gasteiger partial charge in [0.25, 0.3) is 0 Å². The van der Waals surface area contributed by atoms with E-state index in [4.69, 9.17) is 4.74 Å². The number of benzene rings is 1. The monoisotopic (exact) mass is 365 g/mol. The van der Waals surface area contributed by atoms with Crippen LogP contribution < -0.4 is 4.90 Å². The first-order valence-electron chi connectivity index (χ1n) is 8.65. The molecular formula is C20H23N5O2. The lowest BCUT2D eigenvalue weighted by atomic mass is 10.1. The van der Waals surface area contributed by atoms with Crippen molar-refractivity contribution in [3.05, 3.63) is 54.7 Å². The molecule has 0 saturated carbocycles. The third-order valence-electron chi connectivity index (χ3n) is 3.86. The predicted octanol–water partition coefficient (Wildman–Crippen LogP) is 4.20. The lowest BCUT2D eigenvalue weighted by molar-refractivity contribution is 0.0514. The molecular weight excluding hydrogens is 342 g/mol. The van der Waals surface area contributed by atoms with Gasteiger partial charge in [0.05, 0.1) is 6.20 Å². The van der Waals surface area contributed by atoms with Gasteiger partial charge in [-0.25, -0.2) is 14.8 Å². The van der Waals surface area contributed by atoms with Crippen molar-refractivity contribution in [2.45, 2.75) is 33.3 Å². The molecule has 0 aliphatic rings. The summed E-state index contributed by atoms with van der Waals surface area (Å²) in [6.07, 6.45) is 4.56. The maximum atomic E-state index is 12.1. The molecule has 27 heavy (non-hydrogen) atoms. The molecule has 0 aliphatic carbocycles. The molecule has 0 unspecified atom stereocenters. The molecule has 0 bridgehead atoms. The fourth-order valence-corrected chi connectivity index (χ4v) is 2.52. The number of ether oxygens (including phenoxy) is 1. The zero-order valence-electron chi connectivity index (χ0n) is 16.2. The number of hydrogen-bond donors (Lipinski definition) is 0. The van der Waals surface area contributed by atoms with Gasteiger partial charge < -0.3 is 9.64 Å². The van der Waals surface area contributed by atoms with Crippen molar-refractivity contribution in [2.24, 2.45) is 0 Å². The maximum Gasteiger partial charge on any atom is 0.435 e. The van der Waals surface area contributed by atoms with Crippen LogP contribution in [0.25, 0.3) is 11.1 Å². The predicted molar refractivity (Wildman–Crippen MR) is 104 cm³/mol. The zero-order chi connectivity index (χ0) is 19.6. The molecule has 7 heteroatoms. The Kier molecular flexibility index (Phi) is 4.94. The lowest BCUT2D eigenvalue weighted by Crippen LogP contribution is -2.27. The van der Waals surface area contributed by atoms with Gasteiger partial charge in [0.15, 0.2) is 0 Å². The first-order valence-corrected chi connectivity index (χ1v) is 8.65. The molecule has 0 amide bonds. The van der Waals surface area contributed by atoms with E-state index in [1.54, 1.807) is 18.6 Å². The summed E-state index contributed by atoms with van der Waals surface area (Å²) in [5.41, 5.74) is 2.24. The van der Waals surface area contributed by atoms with E-state index in [9.17, 15) is 4.79 Å². The summed E-state index contributed by atoms with van der Waals surface area (Å²) >= 11 is 0. The highest BCUT2D eigenvalue weighted by atomic mass is 16.6. The molecule has 7 nitrogen and oxygen atoms in total. The Morgan fingerprint density at radius 3 is 2.44 bits per heavy atom. The van der Waals surface area contributed by atoms with Crippen LogP contribution in [0.1, 0.15) is 26.6 Å². The van der Waals surface area contributed by atoms with E-state index < -0.39 is 11.7 Å². The zero-order valence-corrected chi connectivity index (χ0v) is 16.2. The second-order valence-corrected chi connectivity index (χ2v) is 7.22. The van der Waals surface area contributed by atoms with Crippen molar-refractivity contribution >= 4 is 17.6 Å². The molecule has 3 aromatic rings. The van der Waals surface area contributed by atoms with Gasteiger partial charge in [-0.05, 0) is 51.5 Å². The Bertz CT molecular complexity index is 942. The van der Waals surface area contributed by atoms with Crippen molar-refractivity contribution in [1.82, 2.24) is 19.7 Å². The van der Waals surface area contributed by atoms with Crippen LogP contribution in [0, 0.1) is 6.92 Å². The van der Waals surface area contributed by atoms with E-state index in [1.165, 1.54) is 4.68 Å². The molecule has 0 aliphatic heterocycles. The Morgan fingerprint density at radius 1 is 1.11 bits per heavy atom. The van der Waals surface area contributed by atoms with Gasteiger partial charge in [-0.3, -0.25) is 0 Å². The van der Waals surface area contributed by atoms with Crippen molar-refractivity contribution in [3.63, 3.8) is 0 Å². The average molecular weight is 365 g/mol. The number of rotatable bonds is 3. The normalized spacial score (nSPS) is 11.3. The topological polar surface area (TPSA) is 73.1 Å². The second kappa shape index (κ2) is 7.19. The molecule has 0 fully saturated rings. The molecule has 140 valence electrons. The highest BCUT2D eigenvalue weighted by Gasteiger charge is 2.18. The Morgan fingerprint density at radius 2 is 1.81 bits per heavy atom. The van der Waals surface area contributed by atoms with Crippen molar-refractivity contribution < 1.29 is 9.53 Å². The van der Waals surface area contributed by atoms with Crippen molar-refractivity contribution in [1.29, 1.82) is 0 Å². The number of nitrogens with zero attached hydrogens (tertiary/aromatic N) is 5. The molecule has 0 radical (unpaired) electrons. The minimum Gasteiger partial charge on any atom is -0.442 e. The van der Waals surface area contributed by atoms with Crippen LogP contribution in [0.4, 0.5) is 16.3 Å². The summed E-state index contributed by atoms with van der Waals surface area (Å²) in [7, 11) is 1.96. The number of carbonyl (C=O) groups is 1. The van der Waals surface area contributed by atoms with Gasteiger partial charge in [-0.2, -0.15) is 9.78 Å².